The number of carbonyl (C=O) groups excluding carboxylic acids is 1. The molecule has 0 saturated carbocycles. The van der Waals surface area contributed by atoms with Crippen LogP contribution in [0.1, 0.15) is 19.4 Å². The first-order chi connectivity index (χ1) is 10.1. The summed E-state index contributed by atoms with van der Waals surface area (Å²) in [6.07, 6.45) is 1.71. The lowest BCUT2D eigenvalue weighted by atomic mass is 10.2. The molecule has 0 spiro atoms. The van der Waals surface area contributed by atoms with Gasteiger partial charge in [0.1, 0.15) is 11.9 Å². The highest BCUT2D eigenvalue weighted by molar-refractivity contribution is 5.78. The third-order valence-electron chi connectivity index (χ3n) is 3.40. The fraction of sp³-hybridized carbons (Fsp3) is 0.533. The number of amides is 1. The van der Waals surface area contributed by atoms with Crippen molar-refractivity contribution in [2.75, 3.05) is 37.6 Å². The van der Waals surface area contributed by atoms with Crippen LogP contribution in [0, 0.1) is 11.3 Å². The van der Waals surface area contributed by atoms with Crippen molar-refractivity contribution >= 4 is 11.7 Å². The molecule has 0 unspecified atom stereocenters. The minimum atomic E-state index is 0.0639. The highest BCUT2D eigenvalue weighted by Crippen LogP contribution is 2.17. The predicted octanol–water partition coefficient (Wildman–Crippen LogP) is 0.600. The third kappa shape index (κ3) is 4.17. The number of nitriles is 1. The standard InChI is InChI=1S/C15H21N5O/c1-12(2)18-14(21)11-19-6-8-20(9-7-19)15-13(10-16)4-3-5-17-15/h3-5,12H,6-9,11H2,1-2H3,(H,18,21). The summed E-state index contributed by atoms with van der Waals surface area (Å²) in [5.41, 5.74) is 0.600. The average Bonchev–Trinajstić information content (AvgIpc) is 2.47. The van der Waals surface area contributed by atoms with Crippen molar-refractivity contribution in [3.63, 3.8) is 0 Å². The van der Waals surface area contributed by atoms with E-state index < -0.39 is 0 Å². The van der Waals surface area contributed by atoms with Gasteiger partial charge in [-0.2, -0.15) is 5.26 Å². The van der Waals surface area contributed by atoms with Gasteiger partial charge in [0.2, 0.25) is 5.91 Å². The maximum Gasteiger partial charge on any atom is 0.234 e. The summed E-state index contributed by atoms with van der Waals surface area (Å²) in [7, 11) is 0. The molecule has 1 aliphatic rings. The molecular weight excluding hydrogens is 266 g/mol. The van der Waals surface area contributed by atoms with E-state index in [0.29, 0.717) is 12.1 Å². The highest BCUT2D eigenvalue weighted by atomic mass is 16.2. The van der Waals surface area contributed by atoms with Crippen molar-refractivity contribution in [2.24, 2.45) is 0 Å². The lowest BCUT2D eigenvalue weighted by Crippen LogP contribution is -2.50. The Morgan fingerprint density at radius 1 is 1.43 bits per heavy atom. The van der Waals surface area contributed by atoms with Crippen molar-refractivity contribution in [1.29, 1.82) is 5.26 Å². The number of nitrogens with one attached hydrogen (secondary N) is 1. The van der Waals surface area contributed by atoms with E-state index in [4.69, 9.17) is 5.26 Å². The first-order valence-electron chi connectivity index (χ1n) is 7.22. The number of rotatable bonds is 4. The Balaban J connectivity index is 1.89. The molecule has 0 radical (unpaired) electrons. The zero-order valence-electron chi connectivity index (χ0n) is 12.5. The van der Waals surface area contributed by atoms with Gasteiger partial charge >= 0.3 is 0 Å². The number of anilines is 1. The van der Waals surface area contributed by atoms with Crippen LogP contribution < -0.4 is 10.2 Å². The molecular formula is C15H21N5O. The summed E-state index contributed by atoms with van der Waals surface area (Å²) in [5, 5.41) is 12.0. The molecule has 1 fully saturated rings. The molecule has 1 aromatic rings. The average molecular weight is 287 g/mol. The van der Waals surface area contributed by atoms with E-state index in [2.05, 4.69) is 26.2 Å². The second-order valence-electron chi connectivity index (χ2n) is 5.47. The summed E-state index contributed by atoms with van der Waals surface area (Å²) < 4.78 is 0. The van der Waals surface area contributed by atoms with Crippen LogP contribution in [0.4, 0.5) is 5.82 Å². The topological polar surface area (TPSA) is 72.3 Å². The quantitative estimate of drug-likeness (QED) is 0.878. The fourth-order valence-electron chi connectivity index (χ4n) is 2.42. The Bertz CT molecular complexity index is 529. The van der Waals surface area contributed by atoms with Crippen molar-refractivity contribution in [1.82, 2.24) is 15.2 Å². The van der Waals surface area contributed by atoms with Gasteiger partial charge in [-0.1, -0.05) is 0 Å². The van der Waals surface area contributed by atoms with E-state index in [1.54, 1.807) is 18.3 Å². The summed E-state index contributed by atoms with van der Waals surface area (Å²) in [5.74, 6) is 0.806. The van der Waals surface area contributed by atoms with Gasteiger partial charge in [-0.15, -0.1) is 0 Å². The van der Waals surface area contributed by atoms with E-state index in [1.165, 1.54) is 0 Å². The molecule has 1 aliphatic heterocycles. The lowest BCUT2D eigenvalue weighted by molar-refractivity contribution is -0.122. The monoisotopic (exact) mass is 287 g/mol. The van der Waals surface area contributed by atoms with Crippen molar-refractivity contribution in [3.05, 3.63) is 23.9 Å². The zero-order chi connectivity index (χ0) is 15.2. The van der Waals surface area contributed by atoms with E-state index in [0.717, 1.165) is 32.0 Å². The predicted molar refractivity (Wildman–Crippen MR) is 80.9 cm³/mol. The molecule has 0 atom stereocenters. The van der Waals surface area contributed by atoms with Crippen LogP contribution in [0.15, 0.2) is 18.3 Å². The maximum absolute atomic E-state index is 11.8. The number of pyridine rings is 1. The van der Waals surface area contributed by atoms with Crippen molar-refractivity contribution in [3.8, 4) is 6.07 Å². The first kappa shape index (κ1) is 15.3. The second kappa shape index (κ2) is 7.04. The van der Waals surface area contributed by atoms with Gasteiger partial charge in [-0.3, -0.25) is 9.69 Å². The number of nitrogens with zero attached hydrogens (tertiary/aromatic N) is 4. The number of hydrogen-bond donors (Lipinski definition) is 1. The van der Waals surface area contributed by atoms with Gasteiger partial charge in [0.05, 0.1) is 12.1 Å². The lowest BCUT2D eigenvalue weighted by Gasteiger charge is -2.35. The summed E-state index contributed by atoms with van der Waals surface area (Å²) >= 11 is 0. The van der Waals surface area contributed by atoms with Crippen LogP contribution in [0.25, 0.3) is 0 Å². The number of hydrogen-bond acceptors (Lipinski definition) is 5. The normalized spacial score (nSPS) is 15.8. The molecule has 6 nitrogen and oxygen atoms in total. The first-order valence-corrected chi connectivity index (χ1v) is 7.22. The molecule has 2 heterocycles. The van der Waals surface area contributed by atoms with Gasteiger partial charge < -0.3 is 10.2 Å². The fourth-order valence-corrected chi connectivity index (χ4v) is 2.42. The van der Waals surface area contributed by atoms with Crippen LogP contribution in [0.3, 0.4) is 0 Å². The highest BCUT2D eigenvalue weighted by Gasteiger charge is 2.21. The molecule has 6 heteroatoms. The summed E-state index contributed by atoms with van der Waals surface area (Å²) in [6.45, 7) is 7.50. The molecule has 112 valence electrons. The van der Waals surface area contributed by atoms with E-state index in [-0.39, 0.29) is 11.9 Å². The Morgan fingerprint density at radius 3 is 2.76 bits per heavy atom. The molecule has 1 aromatic heterocycles. The van der Waals surface area contributed by atoms with Gasteiger partial charge in [-0.25, -0.2) is 4.98 Å². The van der Waals surface area contributed by atoms with Crippen LogP contribution in [-0.4, -0.2) is 54.6 Å². The van der Waals surface area contributed by atoms with Crippen LogP contribution in [-0.2, 0) is 4.79 Å². The van der Waals surface area contributed by atoms with E-state index >= 15 is 0 Å². The van der Waals surface area contributed by atoms with Crippen LogP contribution >= 0.6 is 0 Å². The van der Waals surface area contributed by atoms with Gasteiger partial charge in [0.15, 0.2) is 0 Å². The molecule has 0 bridgehead atoms. The number of piperazine rings is 1. The van der Waals surface area contributed by atoms with E-state index in [1.807, 2.05) is 13.8 Å². The maximum atomic E-state index is 11.8. The van der Waals surface area contributed by atoms with Crippen molar-refractivity contribution in [2.45, 2.75) is 19.9 Å². The minimum absolute atomic E-state index is 0.0639. The number of carbonyl (C=O) groups is 1. The Labute approximate surface area is 125 Å². The SMILES string of the molecule is CC(C)NC(=O)CN1CCN(c2ncccc2C#N)CC1. The minimum Gasteiger partial charge on any atom is -0.353 e. The molecule has 1 saturated heterocycles. The van der Waals surface area contributed by atoms with Gasteiger partial charge in [0, 0.05) is 38.4 Å². The van der Waals surface area contributed by atoms with Crippen LogP contribution in [0.5, 0.6) is 0 Å². The largest absolute Gasteiger partial charge is 0.353 e. The third-order valence-corrected chi connectivity index (χ3v) is 3.40. The zero-order valence-corrected chi connectivity index (χ0v) is 12.5. The molecule has 0 aliphatic carbocycles. The summed E-state index contributed by atoms with van der Waals surface area (Å²) in [6, 6.07) is 5.90. The Morgan fingerprint density at radius 2 is 2.14 bits per heavy atom. The molecule has 21 heavy (non-hydrogen) atoms. The molecule has 2 rings (SSSR count). The van der Waals surface area contributed by atoms with Gasteiger partial charge in [-0.05, 0) is 26.0 Å². The van der Waals surface area contributed by atoms with Gasteiger partial charge in [0.25, 0.3) is 0 Å². The van der Waals surface area contributed by atoms with Crippen LogP contribution in [0.2, 0.25) is 0 Å². The van der Waals surface area contributed by atoms with E-state index in [9.17, 15) is 4.79 Å². The number of aromatic nitrogens is 1. The molecule has 1 amide bonds. The smallest absolute Gasteiger partial charge is 0.234 e. The Kier molecular flexibility index (Phi) is 5.12. The Hall–Kier alpha value is -2.13. The molecule has 1 N–H and O–H groups in total. The summed E-state index contributed by atoms with van der Waals surface area (Å²) in [4.78, 5) is 20.3. The molecule has 0 aromatic carbocycles. The second-order valence-corrected chi connectivity index (χ2v) is 5.47. The van der Waals surface area contributed by atoms with Crippen molar-refractivity contribution < 1.29 is 4.79 Å².